The van der Waals surface area contributed by atoms with Gasteiger partial charge >= 0.3 is 0 Å². The van der Waals surface area contributed by atoms with Gasteiger partial charge in [0.25, 0.3) is 0 Å². The van der Waals surface area contributed by atoms with Crippen LogP contribution in [0.15, 0.2) is 42.1 Å². The smallest absolute Gasteiger partial charge is 0.148 e. The summed E-state index contributed by atoms with van der Waals surface area (Å²) in [6.45, 7) is 3.94. The standard InChI is InChI=1S/C17H22ClN3O2/c1-12-4-3-7-21(16(12)22)10-17(9-19-11-20-17)14-8-13(18)5-6-15(14)23-2/h3-8,16,19-20,22H,9-11H2,1-2H3. The van der Waals surface area contributed by atoms with Gasteiger partial charge in [-0.2, -0.15) is 0 Å². The Morgan fingerprint density at radius 3 is 3.00 bits per heavy atom. The third kappa shape index (κ3) is 3.10. The predicted octanol–water partition coefficient (Wildman–Crippen LogP) is 1.79. The lowest BCUT2D eigenvalue weighted by atomic mass is 9.88. The van der Waals surface area contributed by atoms with Crippen molar-refractivity contribution in [3.8, 4) is 5.75 Å². The fourth-order valence-electron chi connectivity index (χ4n) is 3.20. The van der Waals surface area contributed by atoms with Crippen molar-refractivity contribution >= 4 is 11.6 Å². The van der Waals surface area contributed by atoms with E-state index >= 15 is 0 Å². The van der Waals surface area contributed by atoms with E-state index in [2.05, 4.69) is 10.6 Å². The number of hydrogen-bond acceptors (Lipinski definition) is 5. The Kier molecular flexibility index (Phi) is 4.64. The van der Waals surface area contributed by atoms with Crippen LogP contribution < -0.4 is 15.4 Å². The third-order valence-electron chi connectivity index (χ3n) is 4.47. The molecule has 2 aliphatic heterocycles. The van der Waals surface area contributed by atoms with E-state index in [9.17, 15) is 5.11 Å². The zero-order valence-electron chi connectivity index (χ0n) is 13.3. The summed E-state index contributed by atoms with van der Waals surface area (Å²) in [5.41, 5.74) is 1.52. The molecule has 0 saturated carbocycles. The van der Waals surface area contributed by atoms with E-state index < -0.39 is 6.23 Å². The van der Waals surface area contributed by atoms with Crippen LogP contribution in [0.3, 0.4) is 0 Å². The minimum atomic E-state index is -0.621. The first kappa shape index (κ1) is 16.3. The van der Waals surface area contributed by atoms with E-state index in [1.54, 1.807) is 7.11 Å². The molecule has 1 aromatic carbocycles. The second kappa shape index (κ2) is 6.53. The zero-order valence-corrected chi connectivity index (χ0v) is 14.1. The second-order valence-electron chi connectivity index (χ2n) is 6.01. The van der Waals surface area contributed by atoms with Crippen LogP contribution in [0, 0.1) is 0 Å². The summed E-state index contributed by atoms with van der Waals surface area (Å²) < 4.78 is 5.54. The monoisotopic (exact) mass is 335 g/mol. The number of nitrogens with zero attached hydrogens (tertiary/aromatic N) is 1. The Morgan fingerprint density at radius 2 is 2.30 bits per heavy atom. The molecule has 2 aliphatic rings. The zero-order chi connectivity index (χ0) is 16.4. The molecule has 23 heavy (non-hydrogen) atoms. The van der Waals surface area contributed by atoms with Crippen molar-refractivity contribution in [1.29, 1.82) is 0 Å². The summed E-state index contributed by atoms with van der Waals surface area (Å²) in [5.74, 6) is 0.786. The van der Waals surface area contributed by atoms with E-state index in [0.717, 1.165) is 23.4 Å². The lowest BCUT2D eigenvalue weighted by molar-refractivity contribution is 0.0484. The maximum absolute atomic E-state index is 10.4. The maximum Gasteiger partial charge on any atom is 0.148 e. The van der Waals surface area contributed by atoms with Crippen LogP contribution in [-0.2, 0) is 5.54 Å². The predicted molar refractivity (Wildman–Crippen MR) is 91.3 cm³/mol. The van der Waals surface area contributed by atoms with Gasteiger partial charge in [-0.15, -0.1) is 0 Å². The van der Waals surface area contributed by atoms with E-state index in [1.807, 2.05) is 48.4 Å². The van der Waals surface area contributed by atoms with Crippen LogP contribution in [0.25, 0.3) is 0 Å². The van der Waals surface area contributed by atoms with Gasteiger partial charge in [0.05, 0.1) is 12.6 Å². The minimum Gasteiger partial charge on any atom is -0.496 e. The van der Waals surface area contributed by atoms with Crippen molar-refractivity contribution in [3.63, 3.8) is 0 Å². The molecule has 5 nitrogen and oxygen atoms in total. The quantitative estimate of drug-likeness (QED) is 0.783. The molecule has 1 aromatic rings. The molecule has 6 heteroatoms. The fraction of sp³-hybridized carbons (Fsp3) is 0.412. The number of benzene rings is 1. The number of aliphatic hydroxyl groups is 1. The molecule has 0 radical (unpaired) electrons. The molecule has 0 aromatic heterocycles. The topological polar surface area (TPSA) is 56.8 Å². The Morgan fingerprint density at radius 1 is 1.48 bits per heavy atom. The Hall–Kier alpha value is -1.53. The molecule has 1 saturated heterocycles. The number of halogens is 1. The van der Waals surface area contributed by atoms with Crippen molar-refractivity contribution < 1.29 is 9.84 Å². The van der Waals surface area contributed by atoms with Crippen molar-refractivity contribution in [2.24, 2.45) is 0 Å². The summed E-state index contributed by atoms with van der Waals surface area (Å²) in [6.07, 6.45) is 5.17. The lowest BCUT2D eigenvalue weighted by Crippen LogP contribution is -2.51. The SMILES string of the molecule is COc1ccc(Cl)cc1C1(CN2C=CC=C(C)C2O)CNCN1. The summed E-state index contributed by atoms with van der Waals surface area (Å²) in [5, 5.41) is 18.0. The van der Waals surface area contributed by atoms with Gasteiger partial charge in [0.2, 0.25) is 0 Å². The Balaban J connectivity index is 1.96. The van der Waals surface area contributed by atoms with Gasteiger partial charge in [-0.1, -0.05) is 17.7 Å². The molecule has 3 rings (SSSR count). The fourth-order valence-corrected chi connectivity index (χ4v) is 3.37. The van der Waals surface area contributed by atoms with E-state index in [1.165, 1.54) is 0 Å². The first-order valence-corrected chi connectivity index (χ1v) is 8.02. The molecule has 124 valence electrons. The summed E-state index contributed by atoms with van der Waals surface area (Å²) >= 11 is 6.22. The normalized spacial score (nSPS) is 27.2. The van der Waals surface area contributed by atoms with E-state index in [0.29, 0.717) is 18.2 Å². The lowest BCUT2D eigenvalue weighted by Gasteiger charge is -2.39. The number of aliphatic hydroxyl groups excluding tert-OH is 1. The number of ether oxygens (including phenoxy) is 1. The number of rotatable bonds is 4. The van der Waals surface area contributed by atoms with E-state index in [-0.39, 0.29) is 5.54 Å². The van der Waals surface area contributed by atoms with Gasteiger partial charge in [-0.05, 0) is 36.8 Å². The van der Waals surface area contributed by atoms with Crippen molar-refractivity contribution in [1.82, 2.24) is 15.5 Å². The average molecular weight is 336 g/mol. The summed E-state index contributed by atoms with van der Waals surface area (Å²) in [6, 6.07) is 5.64. The highest BCUT2D eigenvalue weighted by Gasteiger charge is 2.40. The molecule has 2 atom stereocenters. The molecule has 2 unspecified atom stereocenters. The first-order valence-electron chi connectivity index (χ1n) is 7.64. The summed E-state index contributed by atoms with van der Waals surface area (Å²) in [4.78, 5) is 1.93. The van der Waals surface area contributed by atoms with Gasteiger partial charge in [0.1, 0.15) is 12.0 Å². The number of allylic oxidation sites excluding steroid dienone is 2. The Bertz CT molecular complexity index is 639. The van der Waals surface area contributed by atoms with Gasteiger partial charge in [0.15, 0.2) is 0 Å². The highest BCUT2D eigenvalue weighted by atomic mass is 35.5. The average Bonchev–Trinajstić information content (AvgIpc) is 3.01. The molecule has 0 spiro atoms. The van der Waals surface area contributed by atoms with Crippen LogP contribution in [0.1, 0.15) is 12.5 Å². The van der Waals surface area contributed by atoms with Gasteiger partial charge in [-0.3, -0.25) is 5.32 Å². The van der Waals surface area contributed by atoms with Crippen LogP contribution in [0.4, 0.5) is 0 Å². The van der Waals surface area contributed by atoms with Crippen molar-refractivity contribution in [2.75, 3.05) is 26.9 Å². The minimum absolute atomic E-state index is 0.390. The number of methoxy groups -OCH3 is 1. The van der Waals surface area contributed by atoms with Crippen molar-refractivity contribution in [3.05, 3.63) is 52.7 Å². The Labute approximate surface area is 141 Å². The number of hydrogen-bond donors (Lipinski definition) is 3. The molecule has 2 heterocycles. The van der Waals surface area contributed by atoms with Crippen LogP contribution in [-0.4, -0.2) is 43.1 Å². The molecule has 0 amide bonds. The van der Waals surface area contributed by atoms with Crippen LogP contribution in [0.2, 0.25) is 5.02 Å². The van der Waals surface area contributed by atoms with Crippen molar-refractivity contribution in [2.45, 2.75) is 18.7 Å². The molecule has 1 fully saturated rings. The molecular weight excluding hydrogens is 314 g/mol. The highest BCUT2D eigenvalue weighted by Crippen LogP contribution is 2.35. The maximum atomic E-state index is 10.4. The van der Waals surface area contributed by atoms with E-state index in [4.69, 9.17) is 16.3 Å². The largest absolute Gasteiger partial charge is 0.496 e. The van der Waals surface area contributed by atoms with Gasteiger partial charge in [-0.25, -0.2) is 0 Å². The molecular formula is C17H22ClN3O2. The molecule has 0 aliphatic carbocycles. The highest BCUT2D eigenvalue weighted by molar-refractivity contribution is 6.30. The summed E-state index contributed by atoms with van der Waals surface area (Å²) in [7, 11) is 1.66. The van der Waals surface area contributed by atoms with Crippen LogP contribution >= 0.6 is 11.6 Å². The van der Waals surface area contributed by atoms with Gasteiger partial charge < -0.3 is 20.1 Å². The second-order valence-corrected chi connectivity index (χ2v) is 6.44. The first-order chi connectivity index (χ1) is 11.1. The molecule has 3 N–H and O–H groups in total. The third-order valence-corrected chi connectivity index (χ3v) is 4.70. The van der Waals surface area contributed by atoms with Crippen LogP contribution in [0.5, 0.6) is 5.75 Å². The number of nitrogens with one attached hydrogen (secondary N) is 2. The van der Waals surface area contributed by atoms with Gasteiger partial charge in [0, 0.05) is 36.5 Å². The molecule has 0 bridgehead atoms.